The van der Waals surface area contributed by atoms with Crippen molar-refractivity contribution in [3.8, 4) is 11.1 Å². The van der Waals surface area contributed by atoms with Crippen LogP contribution in [0.1, 0.15) is 11.1 Å². The quantitative estimate of drug-likeness (QED) is 0.705. The van der Waals surface area contributed by atoms with Crippen LogP contribution in [0.5, 0.6) is 0 Å². The number of benzene rings is 2. The Morgan fingerprint density at radius 1 is 1.06 bits per heavy atom. The lowest BCUT2D eigenvalue weighted by molar-refractivity contribution is 0.211. The summed E-state index contributed by atoms with van der Waals surface area (Å²) in [6, 6.07) is 15.3. The van der Waals surface area contributed by atoms with Gasteiger partial charge < -0.3 is 10.1 Å². The van der Waals surface area contributed by atoms with E-state index in [4.69, 9.17) is 4.74 Å². The van der Waals surface area contributed by atoms with Crippen molar-refractivity contribution in [1.29, 1.82) is 0 Å². The molecule has 1 aliphatic carbocycles. The molecule has 0 heterocycles. The molecule has 92 valence electrons. The van der Waals surface area contributed by atoms with E-state index in [1.165, 1.54) is 27.9 Å². The molecule has 1 aliphatic rings. The van der Waals surface area contributed by atoms with Gasteiger partial charge >= 0.3 is 0 Å². The van der Waals surface area contributed by atoms with Crippen molar-refractivity contribution in [3.05, 3.63) is 53.6 Å². The zero-order valence-corrected chi connectivity index (χ0v) is 10.6. The van der Waals surface area contributed by atoms with E-state index in [0.717, 1.165) is 19.6 Å². The predicted octanol–water partition coefficient (Wildman–Crippen LogP) is 3.32. The monoisotopic (exact) mass is 239 g/mol. The summed E-state index contributed by atoms with van der Waals surface area (Å²) in [5, 5.41) is 3.38. The fraction of sp³-hybridized carbons (Fsp3) is 0.250. The van der Waals surface area contributed by atoms with Crippen LogP contribution in [-0.2, 0) is 11.2 Å². The smallest absolute Gasteiger partial charge is 0.0635 e. The Kier molecular flexibility index (Phi) is 3.03. The summed E-state index contributed by atoms with van der Waals surface area (Å²) in [4.78, 5) is 0. The number of ether oxygens (including phenoxy) is 1. The van der Waals surface area contributed by atoms with Gasteiger partial charge in [-0.2, -0.15) is 0 Å². The highest BCUT2D eigenvalue weighted by Crippen LogP contribution is 2.37. The lowest BCUT2D eigenvalue weighted by Crippen LogP contribution is -2.07. The minimum atomic E-state index is 0.733. The minimum absolute atomic E-state index is 0.733. The molecule has 1 N–H and O–H groups in total. The van der Waals surface area contributed by atoms with Crippen molar-refractivity contribution in [2.75, 3.05) is 25.6 Å². The molecule has 0 spiro atoms. The Labute approximate surface area is 108 Å². The van der Waals surface area contributed by atoms with Gasteiger partial charge in [-0.15, -0.1) is 0 Å². The molecule has 0 aromatic heterocycles. The second-order valence-electron chi connectivity index (χ2n) is 4.63. The molecule has 0 saturated carbocycles. The van der Waals surface area contributed by atoms with Crippen LogP contribution in [0.3, 0.4) is 0 Å². The van der Waals surface area contributed by atoms with Crippen molar-refractivity contribution >= 4 is 5.69 Å². The zero-order chi connectivity index (χ0) is 12.4. The molecule has 0 saturated heterocycles. The third-order valence-corrected chi connectivity index (χ3v) is 3.43. The number of hydrogen-bond donors (Lipinski definition) is 1. The summed E-state index contributed by atoms with van der Waals surface area (Å²) < 4.78 is 5.04. The van der Waals surface area contributed by atoms with E-state index in [9.17, 15) is 0 Å². The normalized spacial score (nSPS) is 12.1. The topological polar surface area (TPSA) is 21.3 Å². The Morgan fingerprint density at radius 3 is 2.78 bits per heavy atom. The lowest BCUT2D eigenvalue weighted by atomic mass is 10.1. The van der Waals surface area contributed by atoms with Gasteiger partial charge in [-0.1, -0.05) is 30.3 Å². The average molecular weight is 239 g/mol. The molecule has 2 heteroatoms. The molecule has 0 atom stereocenters. The summed E-state index contributed by atoms with van der Waals surface area (Å²) in [7, 11) is 1.72. The molecule has 2 aromatic rings. The SMILES string of the molecule is COCCNc1ccc2c(c1)Cc1ccccc1-2. The minimum Gasteiger partial charge on any atom is -0.383 e. The number of methoxy groups -OCH3 is 1. The summed E-state index contributed by atoms with van der Waals surface area (Å²) in [5.41, 5.74) is 6.79. The van der Waals surface area contributed by atoms with Gasteiger partial charge in [0.1, 0.15) is 0 Å². The summed E-state index contributed by atoms with van der Waals surface area (Å²) >= 11 is 0. The second kappa shape index (κ2) is 4.83. The Hall–Kier alpha value is -1.80. The highest BCUT2D eigenvalue weighted by molar-refractivity contribution is 5.78. The number of fused-ring (bicyclic) bond motifs is 3. The van der Waals surface area contributed by atoms with Crippen molar-refractivity contribution in [3.63, 3.8) is 0 Å². The number of anilines is 1. The van der Waals surface area contributed by atoms with E-state index >= 15 is 0 Å². The van der Waals surface area contributed by atoms with Crippen molar-refractivity contribution in [2.24, 2.45) is 0 Å². The molecule has 0 bridgehead atoms. The average Bonchev–Trinajstić information content (AvgIpc) is 2.76. The second-order valence-corrected chi connectivity index (χ2v) is 4.63. The third kappa shape index (κ3) is 2.00. The Bertz CT molecular complexity index is 563. The molecule has 0 amide bonds. The van der Waals surface area contributed by atoms with Crippen molar-refractivity contribution < 1.29 is 4.74 Å². The third-order valence-electron chi connectivity index (χ3n) is 3.43. The van der Waals surface area contributed by atoms with Crippen LogP contribution in [0.15, 0.2) is 42.5 Å². The first kappa shape index (κ1) is 11.3. The van der Waals surface area contributed by atoms with Gasteiger partial charge in [0.05, 0.1) is 6.61 Å². The van der Waals surface area contributed by atoms with Crippen LogP contribution in [0.4, 0.5) is 5.69 Å². The molecule has 0 fully saturated rings. The van der Waals surface area contributed by atoms with Crippen LogP contribution in [0.2, 0.25) is 0 Å². The Balaban J connectivity index is 1.84. The summed E-state index contributed by atoms with van der Waals surface area (Å²) in [6.07, 6.45) is 1.05. The highest BCUT2D eigenvalue weighted by atomic mass is 16.5. The highest BCUT2D eigenvalue weighted by Gasteiger charge is 2.17. The van der Waals surface area contributed by atoms with Crippen LogP contribution >= 0.6 is 0 Å². The van der Waals surface area contributed by atoms with Crippen LogP contribution in [-0.4, -0.2) is 20.3 Å². The van der Waals surface area contributed by atoms with Gasteiger partial charge in [-0.25, -0.2) is 0 Å². The summed E-state index contributed by atoms with van der Waals surface area (Å²) in [6.45, 7) is 1.58. The molecule has 2 aromatic carbocycles. The van der Waals surface area contributed by atoms with Crippen molar-refractivity contribution in [1.82, 2.24) is 0 Å². The molecular weight excluding hydrogens is 222 g/mol. The molecule has 0 radical (unpaired) electrons. The maximum Gasteiger partial charge on any atom is 0.0635 e. The van der Waals surface area contributed by atoms with E-state index in [0.29, 0.717) is 0 Å². The van der Waals surface area contributed by atoms with Crippen LogP contribution in [0, 0.1) is 0 Å². The first-order chi connectivity index (χ1) is 8.88. The predicted molar refractivity (Wildman–Crippen MR) is 75.0 cm³/mol. The molecule has 0 aliphatic heterocycles. The van der Waals surface area contributed by atoms with Gasteiger partial charge in [0.15, 0.2) is 0 Å². The maximum atomic E-state index is 5.04. The van der Waals surface area contributed by atoms with E-state index in [-0.39, 0.29) is 0 Å². The first-order valence-corrected chi connectivity index (χ1v) is 6.32. The number of rotatable bonds is 4. The van der Waals surface area contributed by atoms with E-state index in [1.54, 1.807) is 7.11 Å². The van der Waals surface area contributed by atoms with Gasteiger partial charge in [-0.05, 0) is 40.8 Å². The van der Waals surface area contributed by atoms with Gasteiger partial charge in [0, 0.05) is 19.3 Å². The largest absolute Gasteiger partial charge is 0.383 e. The van der Waals surface area contributed by atoms with Crippen LogP contribution < -0.4 is 5.32 Å². The lowest BCUT2D eigenvalue weighted by Gasteiger charge is -2.08. The molecule has 2 nitrogen and oxygen atoms in total. The number of hydrogen-bond acceptors (Lipinski definition) is 2. The van der Waals surface area contributed by atoms with E-state index in [2.05, 4.69) is 47.8 Å². The fourth-order valence-electron chi connectivity index (χ4n) is 2.55. The van der Waals surface area contributed by atoms with E-state index in [1.807, 2.05) is 0 Å². The molecular formula is C16H17NO. The molecule has 0 unspecified atom stereocenters. The maximum absolute atomic E-state index is 5.04. The van der Waals surface area contributed by atoms with Crippen molar-refractivity contribution in [2.45, 2.75) is 6.42 Å². The molecule has 18 heavy (non-hydrogen) atoms. The number of nitrogens with one attached hydrogen (secondary N) is 1. The first-order valence-electron chi connectivity index (χ1n) is 6.32. The van der Waals surface area contributed by atoms with Gasteiger partial charge in [0.2, 0.25) is 0 Å². The zero-order valence-electron chi connectivity index (χ0n) is 10.6. The van der Waals surface area contributed by atoms with Gasteiger partial charge in [-0.3, -0.25) is 0 Å². The standard InChI is InChI=1S/C16H17NO/c1-18-9-8-17-14-6-7-16-13(11-14)10-12-4-2-3-5-15(12)16/h2-7,11,17H,8-10H2,1H3. The molecule has 3 rings (SSSR count). The van der Waals surface area contributed by atoms with E-state index < -0.39 is 0 Å². The summed E-state index contributed by atoms with van der Waals surface area (Å²) in [5.74, 6) is 0. The van der Waals surface area contributed by atoms with Gasteiger partial charge in [0.25, 0.3) is 0 Å². The Morgan fingerprint density at radius 2 is 1.89 bits per heavy atom. The fourth-order valence-corrected chi connectivity index (χ4v) is 2.55. The van der Waals surface area contributed by atoms with Crippen LogP contribution in [0.25, 0.3) is 11.1 Å².